The van der Waals surface area contributed by atoms with E-state index in [1.807, 2.05) is 0 Å². The maximum absolute atomic E-state index is 0. The molecule has 0 heterocycles. The molecule has 8 radical (unpaired) electrons. The molecule has 8 valence electrons. The zero-order valence-electron chi connectivity index (χ0n) is 8.00. The van der Waals surface area contributed by atoms with Crippen LogP contribution in [0.2, 0.25) is 0 Å². The van der Waals surface area contributed by atoms with Crippen LogP contribution in [0.1, 0.15) is 0 Å². The maximum atomic E-state index is 0. The van der Waals surface area contributed by atoms with E-state index in [-0.39, 0.29) is 324 Å². The Morgan fingerprint density at radius 2 is 0.250 bits per heavy atom. The summed E-state index contributed by atoms with van der Waals surface area (Å²) >= 11 is 0. The molecule has 0 amide bonds. The van der Waals surface area contributed by atoms with Crippen LogP contribution in [0.15, 0.2) is 0 Å². The van der Waals surface area contributed by atoms with Gasteiger partial charge in [-0.15, -0.1) is 0 Å². The summed E-state index contributed by atoms with van der Waals surface area (Å²) in [5, 5.41) is 0. The third-order valence-electron chi connectivity index (χ3n) is 0. The minimum atomic E-state index is 0. The standard InChI is InChI=1S/4K.4Na. The van der Waals surface area contributed by atoms with Crippen molar-refractivity contribution < 1.29 is 0 Å². The molecule has 8 heavy (non-hydrogen) atoms. The van der Waals surface area contributed by atoms with Gasteiger partial charge in [-0.05, 0) is 0 Å². The van der Waals surface area contributed by atoms with Crippen molar-refractivity contribution in [1.82, 2.24) is 0 Å². The molecule has 0 aliphatic heterocycles. The van der Waals surface area contributed by atoms with Crippen LogP contribution in [-0.4, -0.2) is 324 Å². The van der Waals surface area contributed by atoms with E-state index in [9.17, 15) is 0 Å². The smallest absolute Gasteiger partial charge is 0 e. The fourth-order valence-corrected chi connectivity index (χ4v) is 0. The predicted octanol–water partition coefficient (Wildman–Crippen LogP) is -3.05. The Morgan fingerprint density at radius 3 is 0.250 bits per heavy atom. The van der Waals surface area contributed by atoms with Crippen LogP contribution in [0.3, 0.4) is 0 Å². The van der Waals surface area contributed by atoms with Crippen LogP contribution in [-0.2, 0) is 0 Å². The van der Waals surface area contributed by atoms with Crippen LogP contribution >= 0.6 is 0 Å². The van der Waals surface area contributed by atoms with Crippen LogP contribution in [0.25, 0.3) is 0 Å². The Balaban J connectivity index is 0. The van der Waals surface area contributed by atoms with E-state index in [1.165, 1.54) is 0 Å². The minimum absolute atomic E-state index is 0. The summed E-state index contributed by atoms with van der Waals surface area (Å²) in [6.45, 7) is 0. The normalized spacial score (nSPS) is 0. The van der Waals surface area contributed by atoms with E-state index in [2.05, 4.69) is 0 Å². The molecule has 8 heteroatoms. The Bertz CT molecular complexity index is 8.00. The maximum Gasteiger partial charge on any atom is 0 e. The molecule has 0 bridgehead atoms. The molecule has 0 aromatic rings. The van der Waals surface area contributed by atoms with Crippen molar-refractivity contribution in [3.8, 4) is 0 Å². The van der Waals surface area contributed by atoms with E-state index in [1.54, 1.807) is 0 Å². The molecule has 0 atom stereocenters. The van der Waals surface area contributed by atoms with Crippen LogP contribution in [0.5, 0.6) is 0 Å². The van der Waals surface area contributed by atoms with E-state index in [0.717, 1.165) is 0 Å². The van der Waals surface area contributed by atoms with Gasteiger partial charge in [-0.2, -0.15) is 0 Å². The Hall–Kier alpha value is 10.5. The largest absolute Gasteiger partial charge is 0 e. The molecule has 0 saturated heterocycles. The molecule has 0 aromatic carbocycles. The van der Waals surface area contributed by atoms with Crippen molar-refractivity contribution in [2.24, 2.45) is 0 Å². The van der Waals surface area contributed by atoms with Gasteiger partial charge >= 0.3 is 0 Å². The van der Waals surface area contributed by atoms with Gasteiger partial charge in [-0.3, -0.25) is 0 Å². The first-order chi connectivity index (χ1) is 0. The molecule has 0 spiro atoms. The fraction of sp³-hybridized carbons (Fsp3) is 0. The molecular formula is K4Na4. The van der Waals surface area contributed by atoms with E-state index >= 15 is 0 Å². The second-order valence-corrected chi connectivity index (χ2v) is 0. The van der Waals surface area contributed by atoms with E-state index in [4.69, 9.17) is 0 Å². The van der Waals surface area contributed by atoms with Crippen LogP contribution in [0, 0.1) is 0 Å². The van der Waals surface area contributed by atoms with Gasteiger partial charge in [0.25, 0.3) is 0 Å². The molecule has 0 aromatic heterocycles. The van der Waals surface area contributed by atoms with Crippen molar-refractivity contribution in [2.75, 3.05) is 0 Å². The molecule has 0 nitrogen and oxygen atoms in total. The van der Waals surface area contributed by atoms with Gasteiger partial charge in [0.2, 0.25) is 0 Å². The van der Waals surface area contributed by atoms with Crippen LogP contribution in [0.4, 0.5) is 0 Å². The van der Waals surface area contributed by atoms with Gasteiger partial charge in [0.05, 0.1) is 0 Å². The first-order valence-electron chi connectivity index (χ1n) is 0. The molecule has 0 rings (SSSR count). The average molecular weight is 248 g/mol. The Morgan fingerprint density at radius 1 is 0.250 bits per heavy atom. The summed E-state index contributed by atoms with van der Waals surface area (Å²) in [6, 6.07) is 0. The van der Waals surface area contributed by atoms with E-state index < -0.39 is 0 Å². The Kier molecular flexibility index (Phi) is 277. The first kappa shape index (κ1) is 51.3. The van der Waals surface area contributed by atoms with Crippen molar-refractivity contribution >= 4 is 324 Å². The summed E-state index contributed by atoms with van der Waals surface area (Å²) in [5.41, 5.74) is 0. The molecule has 0 saturated carbocycles. The fourth-order valence-electron chi connectivity index (χ4n) is 0. The van der Waals surface area contributed by atoms with Crippen molar-refractivity contribution in [3.05, 3.63) is 0 Å². The third-order valence-corrected chi connectivity index (χ3v) is 0. The number of rotatable bonds is 0. The zero-order chi connectivity index (χ0) is 0. The zero-order valence-corrected chi connectivity index (χ0v) is 28.5. The topological polar surface area (TPSA) is 0 Å². The van der Waals surface area contributed by atoms with Gasteiger partial charge in [0.15, 0.2) is 0 Å². The molecular weight excluding hydrogens is 248 g/mol. The second-order valence-electron chi connectivity index (χ2n) is 0. The van der Waals surface area contributed by atoms with Gasteiger partial charge in [0.1, 0.15) is 0 Å². The van der Waals surface area contributed by atoms with Crippen LogP contribution < -0.4 is 0 Å². The average Bonchev–Trinajstić information content (AvgIpc) is 0. The summed E-state index contributed by atoms with van der Waals surface area (Å²) in [6.07, 6.45) is 0. The van der Waals surface area contributed by atoms with Gasteiger partial charge in [-0.25, -0.2) is 0 Å². The van der Waals surface area contributed by atoms with Gasteiger partial charge in [-0.1, -0.05) is 0 Å². The number of hydrogen-bond donors (Lipinski definition) is 0. The summed E-state index contributed by atoms with van der Waals surface area (Å²) < 4.78 is 0. The second kappa shape index (κ2) is 43.2. The predicted molar refractivity (Wildman–Crippen MR) is 46.0 cm³/mol. The summed E-state index contributed by atoms with van der Waals surface area (Å²) in [5.74, 6) is 0. The third kappa shape index (κ3) is 36.0. The SMILES string of the molecule is [K].[K].[K].[K].[Na].[Na].[Na].[Na]. The first-order valence-corrected chi connectivity index (χ1v) is 0. The van der Waals surface area contributed by atoms with Crippen molar-refractivity contribution in [1.29, 1.82) is 0 Å². The van der Waals surface area contributed by atoms with Crippen molar-refractivity contribution in [3.63, 3.8) is 0 Å². The number of hydrogen-bond acceptors (Lipinski definition) is 0. The molecule has 0 unspecified atom stereocenters. The van der Waals surface area contributed by atoms with Crippen molar-refractivity contribution in [2.45, 2.75) is 0 Å². The molecule has 0 aliphatic carbocycles. The van der Waals surface area contributed by atoms with Gasteiger partial charge < -0.3 is 0 Å². The monoisotopic (exact) mass is 248 g/mol. The Labute approximate surface area is 311 Å². The van der Waals surface area contributed by atoms with Gasteiger partial charge in [0, 0.05) is 324 Å². The molecule has 0 aliphatic rings. The molecule has 0 fully saturated rings. The minimum Gasteiger partial charge on any atom is 0 e. The quantitative estimate of drug-likeness (QED) is 0.400. The summed E-state index contributed by atoms with van der Waals surface area (Å²) in [7, 11) is 0. The van der Waals surface area contributed by atoms with E-state index in [0.29, 0.717) is 0 Å². The molecule has 0 N–H and O–H groups in total. The summed E-state index contributed by atoms with van der Waals surface area (Å²) in [4.78, 5) is 0.